The fourth-order valence-electron chi connectivity index (χ4n) is 2.53. The van der Waals surface area contributed by atoms with Crippen LogP contribution < -0.4 is 10.5 Å². The van der Waals surface area contributed by atoms with E-state index in [0.29, 0.717) is 13.0 Å². The van der Waals surface area contributed by atoms with E-state index in [-0.39, 0.29) is 6.04 Å². The zero-order valence-electron chi connectivity index (χ0n) is 10.6. The summed E-state index contributed by atoms with van der Waals surface area (Å²) < 4.78 is 5.86. The second-order valence-corrected chi connectivity index (χ2v) is 4.90. The van der Waals surface area contributed by atoms with Crippen molar-refractivity contribution >= 4 is 0 Å². The van der Waals surface area contributed by atoms with Crippen LogP contribution in [-0.2, 0) is 13.0 Å². The van der Waals surface area contributed by atoms with Gasteiger partial charge in [-0.05, 0) is 17.2 Å². The quantitative estimate of drug-likeness (QED) is 0.884. The van der Waals surface area contributed by atoms with Crippen LogP contribution in [-0.4, -0.2) is 11.2 Å². The molecule has 0 saturated heterocycles. The molecule has 1 aliphatic carbocycles. The van der Waals surface area contributed by atoms with Gasteiger partial charge in [0.05, 0.1) is 12.1 Å². The first-order chi connectivity index (χ1) is 9.25. The van der Waals surface area contributed by atoms with Crippen molar-refractivity contribution in [3.8, 4) is 5.75 Å². The molecule has 1 aliphatic rings. The maximum atomic E-state index is 9.85. The van der Waals surface area contributed by atoms with Gasteiger partial charge in [0.25, 0.3) is 0 Å². The Hall–Kier alpha value is -1.84. The Morgan fingerprint density at radius 3 is 2.68 bits per heavy atom. The number of ether oxygens (including phenoxy) is 1. The molecule has 2 aromatic rings. The second-order valence-electron chi connectivity index (χ2n) is 4.90. The normalized spacial score (nSPS) is 21.2. The van der Waals surface area contributed by atoms with Gasteiger partial charge >= 0.3 is 0 Å². The predicted octanol–water partition coefficient (Wildman–Crippen LogP) is 2.18. The van der Waals surface area contributed by atoms with Crippen molar-refractivity contribution < 1.29 is 9.84 Å². The van der Waals surface area contributed by atoms with Crippen LogP contribution in [0.4, 0.5) is 0 Å². The highest BCUT2D eigenvalue weighted by Gasteiger charge is 2.30. The van der Waals surface area contributed by atoms with Gasteiger partial charge in [-0.1, -0.05) is 42.5 Å². The number of rotatable bonds is 3. The number of hydrogen-bond donors (Lipinski definition) is 2. The summed E-state index contributed by atoms with van der Waals surface area (Å²) >= 11 is 0. The minimum atomic E-state index is -0.503. The van der Waals surface area contributed by atoms with Crippen LogP contribution in [0.15, 0.2) is 48.5 Å². The molecule has 0 aromatic heterocycles. The van der Waals surface area contributed by atoms with Crippen molar-refractivity contribution in [2.24, 2.45) is 5.73 Å². The molecule has 19 heavy (non-hydrogen) atoms. The van der Waals surface area contributed by atoms with Gasteiger partial charge in [0, 0.05) is 12.0 Å². The maximum absolute atomic E-state index is 9.85. The monoisotopic (exact) mass is 255 g/mol. The average Bonchev–Trinajstić information content (AvgIpc) is 2.74. The first-order valence-electron chi connectivity index (χ1n) is 6.48. The van der Waals surface area contributed by atoms with Gasteiger partial charge in [0.1, 0.15) is 12.4 Å². The molecule has 0 aliphatic heterocycles. The van der Waals surface area contributed by atoms with E-state index in [1.807, 2.05) is 48.5 Å². The minimum Gasteiger partial charge on any atom is -0.489 e. The lowest BCUT2D eigenvalue weighted by atomic mass is 10.1. The van der Waals surface area contributed by atoms with Crippen molar-refractivity contribution in [3.05, 3.63) is 65.2 Å². The summed E-state index contributed by atoms with van der Waals surface area (Å²) in [5, 5.41) is 9.85. The predicted molar refractivity (Wildman–Crippen MR) is 73.9 cm³/mol. The van der Waals surface area contributed by atoms with Crippen molar-refractivity contribution in [3.63, 3.8) is 0 Å². The third-order valence-corrected chi connectivity index (χ3v) is 3.59. The van der Waals surface area contributed by atoms with Crippen LogP contribution >= 0.6 is 0 Å². The van der Waals surface area contributed by atoms with Crippen molar-refractivity contribution in [1.82, 2.24) is 0 Å². The molecule has 0 saturated carbocycles. The smallest absolute Gasteiger partial charge is 0.123 e. The highest BCUT2D eigenvalue weighted by molar-refractivity contribution is 5.46. The first-order valence-corrected chi connectivity index (χ1v) is 6.48. The number of aliphatic hydroxyl groups is 1. The molecular weight excluding hydrogens is 238 g/mol. The summed E-state index contributed by atoms with van der Waals surface area (Å²) in [6, 6.07) is 15.6. The number of benzene rings is 2. The Kier molecular flexibility index (Phi) is 3.23. The molecule has 2 atom stereocenters. The second kappa shape index (κ2) is 5.03. The van der Waals surface area contributed by atoms with Crippen LogP contribution in [0.25, 0.3) is 0 Å². The summed E-state index contributed by atoms with van der Waals surface area (Å²) in [6.45, 7) is 0.530. The molecule has 3 N–H and O–H groups in total. The van der Waals surface area contributed by atoms with E-state index >= 15 is 0 Å². The first kappa shape index (κ1) is 12.2. The fraction of sp³-hybridized carbons (Fsp3) is 0.250. The van der Waals surface area contributed by atoms with Gasteiger partial charge in [0.15, 0.2) is 0 Å². The molecule has 2 aromatic carbocycles. The Labute approximate surface area is 112 Å². The van der Waals surface area contributed by atoms with Crippen LogP contribution in [0.3, 0.4) is 0 Å². The number of nitrogens with two attached hydrogens (primary N) is 1. The zero-order chi connectivity index (χ0) is 13.2. The van der Waals surface area contributed by atoms with E-state index < -0.39 is 6.10 Å². The Bertz CT molecular complexity index is 568. The molecule has 0 heterocycles. The fourth-order valence-corrected chi connectivity index (χ4v) is 2.53. The Morgan fingerprint density at radius 1 is 1.11 bits per heavy atom. The molecule has 0 amide bonds. The summed E-state index contributed by atoms with van der Waals surface area (Å²) in [5.74, 6) is 0.827. The number of aliphatic hydroxyl groups excluding tert-OH is 1. The summed E-state index contributed by atoms with van der Waals surface area (Å²) in [5.41, 5.74) is 9.13. The third-order valence-electron chi connectivity index (χ3n) is 3.59. The molecule has 3 rings (SSSR count). The van der Waals surface area contributed by atoms with Crippen molar-refractivity contribution in [1.29, 1.82) is 0 Å². The lowest BCUT2D eigenvalue weighted by Crippen LogP contribution is -2.21. The van der Waals surface area contributed by atoms with E-state index in [9.17, 15) is 5.11 Å². The summed E-state index contributed by atoms with van der Waals surface area (Å²) in [4.78, 5) is 0. The molecule has 98 valence electrons. The van der Waals surface area contributed by atoms with E-state index in [0.717, 1.165) is 22.4 Å². The molecule has 0 fully saturated rings. The van der Waals surface area contributed by atoms with Gasteiger partial charge in [0.2, 0.25) is 0 Å². The van der Waals surface area contributed by atoms with Crippen molar-refractivity contribution in [2.45, 2.75) is 25.2 Å². The van der Waals surface area contributed by atoms with E-state index in [2.05, 4.69) is 0 Å². The maximum Gasteiger partial charge on any atom is 0.123 e. The summed E-state index contributed by atoms with van der Waals surface area (Å²) in [6.07, 6.45) is 0.0676. The highest BCUT2D eigenvalue weighted by Crippen LogP contribution is 2.36. The molecule has 0 radical (unpaired) electrons. The molecule has 3 heteroatoms. The van der Waals surface area contributed by atoms with Crippen LogP contribution in [0.2, 0.25) is 0 Å². The average molecular weight is 255 g/mol. The molecule has 0 spiro atoms. The van der Waals surface area contributed by atoms with Gasteiger partial charge < -0.3 is 15.6 Å². The van der Waals surface area contributed by atoms with Gasteiger partial charge in [-0.3, -0.25) is 0 Å². The van der Waals surface area contributed by atoms with Gasteiger partial charge in [-0.15, -0.1) is 0 Å². The van der Waals surface area contributed by atoms with Crippen LogP contribution in [0, 0.1) is 0 Å². The number of fused-ring (bicyclic) bond motifs is 1. The molecular formula is C16H17NO2. The Balaban J connectivity index is 1.80. The molecule has 3 nitrogen and oxygen atoms in total. The lowest BCUT2D eigenvalue weighted by Gasteiger charge is -2.11. The van der Waals surface area contributed by atoms with Crippen molar-refractivity contribution in [2.75, 3.05) is 0 Å². The minimum absolute atomic E-state index is 0.296. The topological polar surface area (TPSA) is 55.5 Å². The third kappa shape index (κ3) is 2.35. The van der Waals surface area contributed by atoms with Gasteiger partial charge in [-0.25, -0.2) is 0 Å². The molecule has 0 unspecified atom stereocenters. The molecule has 0 bridgehead atoms. The van der Waals surface area contributed by atoms with E-state index in [4.69, 9.17) is 10.5 Å². The highest BCUT2D eigenvalue weighted by atomic mass is 16.5. The Morgan fingerprint density at radius 2 is 1.89 bits per heavy atom. The zero-order valence-corrected chi connectivity index (χ0v) is 10.6. The standard InChI is InChI=1S/C16H17NO2/c17-16-12-7-4-8-15(13(12)9-14(16)18)19-10-11-5-2-1-3-6-11/h1-8,14,16,18H,9-10,17H2/t14-,16-/m0/s1. The van der Waals surface area contributed by atoms with Crippen LogP contribution in [0.5, 0.6) is 5.75 Å². The summed E-state index contributed by atoms with van der Waals surface area (Å²) in [7, 11) is 0. The lowest BCUT2D eigenvalue weighted by molar-refractivity contribution is 0.158. The number of hydrogen-bond acceptors (Lipinski definition) is 3. The van der Waals surface area contributed by atoms with E-state index in [1.165, 1.54) is 0 Å². The van der Waals surface area contributed by atoms with Gasteiger partial charge in [-0.2, -0.15) is 0 Å². The van der Waals surface area contributed by atoms with Crippen LogP contribution in [0.1, 0.15) is 22.7 Å². The largest absolute Gasteiger partial charge is 0.489 e. The van der Waals surface area contributed by atoms with E-state index in [1.54, 1.807) is 0 Å². The SMILES string of the molecule is N[C@H]1c2cccc(OCc3ccccc3)c2C[C@@H]1O.